The number of sulfonamides is 1. The maximum absolute atomic E-state index is 13.3. The van der Waals surface area contributed by atoms with Crippen molar-refractivity contribution in [3.05, 3.63) is 42.0 Å². The molecule has 6 rings (SSSR count). The van der Waals surface area contributed by atoms with Crippen LogP contribution in [0.1, 0.15) is 37.2 Å². The van der Waals surface area contributed by atoms with Crippen molar-refractivity contribution in [2.45, 2.75) is 45.1 Å². The van der Waals surface area contributed by atoms with E-state index in [1.54, 1.807) is 40.0 Å². The van der Waals surface area contributed by atoms with Gasteiger partial charge in [0.05, 0.1) is 60.9 Å². The van der Waals surface area contributed by atoms with Crippen LogP contribution < -0.4 is 9.62 Å². The molecule has 0 radical (unpaired) electrons. The van der Waals surface area contributed by atoms with Gasteiger partial charge in [0, 0.05) is 18.8 Å². The highest BCUT2D eigenvalue weighted by Crippen LogP contribution is 2.54. The van der Waals surface area contributed by atoms with Crippen LogP contribution in [0, 0.1) is 12.3 Å². The number of alkyl halides is 2. The molecule has 2 aromatic heterocycles. The first kappa shape index (κ1) is 27.0. The molecule has 4 heterocycles. The van der Waals surface area contributed by atoms with E-state index in [9.17, 15) is 17.2 Å². The summed E-state index contributed by atoms with van der Waals surface area (Å²) < 4.78 is 55.4. The van der Waals surface area contributed by atoms with Crippen LogP contribution in [-0.2, 0) is 16.6 Å². The van der Waals surface area contributed by atoms with Crippen LogP contribution in [0.2, 0.25) is 0 Å². The molecule has 1 saturated carbocycles. The second-order valence-corrected chi connectivity index (χ2v) is 13.0. The van der Waals surface area contributed by atoms with E-state index in [0.29, 0.717) is 34.0 Å². The highest BCUT2D eigenvalue weighted by Gasteiger charge is 2.45. The van der Waals surface area contributed by atoms with Crippen LogP contribution in [0.25, 0.3) is 17.1 Å². The Labute approximate surface area is 231 Å². The summed E-state index contributed by atoms with van der Waals surface area (Å²) in [5.74, 6) is -2.60. The zero-order chi connectivity index (χ0) is 28.1. The van der Waals surface area contributed by atoms with Gasteiger partial charge in [-0.25, -0.2) is 31.8 Å². The molecule has 0 unspecified atom stereocenters. The molecule has 1 spiro atoms. The van der Waals surface area contributed by atoms with E-state index < -0.39 is 22.6 Å². The number of aliphatic hydroxyl groups is 1. The molecule has 11 nitrogen and oxygen atoms in total. The molecule has 214 valence electrons. The monoisotopic (exact) mass is 574 g/mol. The lowest BCUT2D eigenvalue weighted by atomic mass is 9.93. The van der Waals surface area contributed by atoms with Crippen LogP contribution in [0.15, 0.2) is 30.5 Å². The van der Waals surface area contributed by atoms with Gasteiger partial charge in [-0.05, 0) is 62.3 Å². The third kappa shape index (κ3) is 5.79. The number of hydrogen-bond acceptors (Lipinski definition) is 9. The van der Waals surface area contributed by atoms with Crippen LogP contribution >= 0.6 is 0 Å². The van der Waals surface area contributed by atoms with Gasteiger partial charge in [0.25, 0.3) is 5.92 Å². The van der Waals surface area contributed by atoms with E-state index in [2.05, 4.69) is 29.9 Å². The SMILES string of the molecule is Cc1cc(-c2cn(-c3ccc(NS(=O)(=O)CCO)cc3N3CCC4(CC3)CC4)nn2)nc(CN2CC(F)(F)C2)n1. The molecule has 0 bridgehead atoms. The number of piperidine rings is 1. The van der Waals surface area contributed by atoms with Gasteiger partial charge < -0.3 is 10.0 Å². The average molecular weight is 575 g/mol. The maximum atomic E-state index is 13.3. The molecule has 0 atom stereocenters. The second-order valence-electron chi connectivity index (χ2n) is 11.2. The Kier molecular flexibility index (Phi) is 6.74. The Morgan fingerprint density at radius 3 is 2.45 bits per heavy atom. The number of benzene rings is 1. The van der Waals surface area contributed by atoms with Crippen molar-refractivity contribution >= 4 is 21.4 Å². The summed E-state index contributed by atoms with van der Waals surface area (Å²) in [5, 5.41) is 17.8. The molecule has 3 aromatic rings. The topological polar surface area (TPSA) is 129 Å². The first-order valence-electron chi connectivity index (χ1n) is 13.4. The van der Waals surface area contributed by atoms with Gasteiger partial charge >= 0.3 is 0 Å². The van der Waals surface area contributed by atoms with Crippen molar-refractivity contribution in [2.75, 3.05) is 48.2 Å². The molecule has 2 aliphatic heterocycles. The summed E-state index contributed by atoms with van der Waals surface area (Å²) >= 11 is 0. The van der Waals surface area contributed by atoms with Crippen LogP contribution in [0.5, 0.6) is 0 Å². The smallest absolute Gasteiger partial charge is 0.272 e. The Balaban J connectivity index is 1.29. The minimum atomic E-state index is -3.68. The number of aryl methyl sites for hydroxylation is 1. The standard InChI is InChI=1S/C26H32F2N8O3S/c1-18-12-20(30-24(29-18)15-34-16-26(27,28)17-34)21-14-36(33-31-21)22-3-2-19(32-40(38,39)11-10-37)13-23(22)35-8-6-25(4-5-25)7-9-35/h2-3,12-14,32,37H,4-11,15-17H2,1H3. The van der Waals surface area contributed by atoms with Gasteiger partial charge in [0.15, 0.2) is 0 Å². The number of aromatic nitrogens is 5. The van der Waals surface area contributed by atoms with E-state index in [0.717, 1.165) is 37.3 Å². The van der Waals surface area contributed by atoms with Gasteiger partial charge in [-0.1, -0.05) is 5.21 Å². The lowest BCUT2D eigenvalue weighted by molar-refractivity contribution is -0.134. The fourth-order valence-corrected chi connectivity index (χ4v) is 6.36. The lowest BCUT2D eigenvalue weighted by Gasteiger charge is -2.38. The lowest BCUT2D eigenvalue weighted by Crippen LogP contribution is -2.55. The molecule has 3 fully saturated rings. The number of nitrogens with zero attached hydrogens (tertiary/aromatic N) is 7. The van der Waals surface area contributed by atoms with Crippen LogP contribution in [-0.4, -0.2) is 87.8 Å². The van der Waals surface area contributed by atoms with Crippen molar-refractivity contribution in [3.63, 3.8) is 0 Å². The Morgan fingerprint density at radius 1 is 1.02 bits per heavy atom. The van der Waals surface area contributed by atoms with E-state index in [-0.39, 0.29) is 25.4 Å². The van der Waals surface area contributed by atoms with Crippen LogP contribution in [0.3, 0.4) is 0 Å². The molecule has 1 aliphatic carbocycles. The third-order valence-electron chi connectivity index (χ3n) is 7.91. The van der Waals surface area contributed by atoms with Crippen molar-refractivity contribution in [2.24, 2.45) is 5.41 Å². The zero-order valence-corrected chi connectivity index (χ0v) is 23.0. The second kappa shape index (κ2) is 10.00. The third-order valence-corrected chi connectivity index (χ3v) is 9.18. The predicted octanol–water partition coefficient (Wildman–Crippen LogP) is 2.60. The first-order chi connectivity index (χ1) is 19.0. The van der Waals surface area contributed by atoms with E-state index in [1.165, 1.54) is 12.8 Å². The number of nitrogens with one attached hydrogen (secondary N) is 1. The number of halogens is 2. The highest BCUT2D eigenvalue weighted by molar-refractivity contribution is 7.92. The molecule has 40 heavy (non-hydrogen) atoms. The zero-order valence-electron chi connectivity index (χ0n) is 22.2. The highest BCUT2D eigenvalue weighted by atomic mass is 32.2. The number of rotatable bonds is 9. The molecule has 1 aromatic carbocycles. The molecular weight excluding hydrogens is 542 g/mol. The van der Waals surface area contributed by atoms with Gasteiger partial charge in [-0.15, -0.1) is 5.10 Å². The van der Waals surface area contributed by atoms with Crippen molar-refractivity contribution in [1.29, 1.82) is 0 Å². The fraction of sp³-hybridized carbons (Fsp3) is 0.538. The molecule has 0 amide bonds. The largest absolute Gasteiger partial charge is 0.395 e. The Bertz CT molecular complexity index is 1510. The van der Waals surface area contributed by atoms with E-state index >= 15 is 0 Å². The molecule has 3 aliphatic rings. The van der Waals surface area contributed by atoms with Crippen molar-refractivity contribution in [1.82, 2.24) is 29.9 Å². The van der Waals surface area contributed by atoms with E-state index in [1.807, 2.05) is 6.92 Å². The van der Waals surface area contributed by atoms with Crippen molar-refractivity contribution in [3.8, 4) is 17.1 Å². The van der Waals surface area contributed by atoms with Gasteiger partial charge in [-0.3, -0.25) is 9.62 Å². The molecular formula is C26H32F2N8O3S. The maximum Gasteiger partial charge on any atom is 0.272 e. The van der Waals surface area contributed by atoms with Crippen molar-refractivity contribution < 1.29 is 22.3 Å². The molecule has 2 saturated heterocycles. The van der Waals surface area contributed by atoms with Gasteiger partial charge in [0.2, 0.25) is 10.0 Å². The normalized spacial score (nSPS) is 19.9. The van der Waals surface area contributed by atoms with E-state index in [4.69, 9.17) is 5.11 Å². The number of likely N-dealkylation sites (tertiary alicyclic amines) is 1. The fourth-order valence-electron chi connectivity index (χ4n) is 5.53. The summed E-state index contributed by atoms with van der Waals surface area (Å²) in [7, 11) is -3.68. The van der Waals surface area contributed by atoms with Crippen LogP contribution in [0.4, 0.5) is 20.2 Å². The van der Waals surface area contributed by atoms with Gasteiger partial charge in [-0.2, -0.15) is 0 Å². The Hall–Kier alpha value is -3.23. The minimum Gasteiger partial charge on any atom is -0.395 e. The Morgan fingerprint density at radius 2 is 1.77 bits per heavy atom. The minimum absolute atomic E-state index is 0.229. The summed E-state index contributed by atoms with van der Waals surface area (Å²) in [4.78, 5) is 12.8. The summed E-state index contributed by atoms with van der Waals surface area (Å²) in [6.45, 7) is 2.68. The summed E-state index contributed by atoms with van der Waals surface area (Å²) in [6.07, 6.45) is 6.45. The summed E-state index contributed by atoms with van der Waals surface area (Å²) in [5.41, 5.74) is 4.20. The molecule has 2 N–H and O–H groups in total. The molecule has 14 heteroatoms. The van der Waals surface area contributed by atoms with Gasteiger partial charge in [0.1, 0.15) is 11.5 Å². The first-order valence-corrected chi connectivity index (χ1v) is 15.1. The number of anilines is 2. The number of hydrogen-bond donors (Lipinski definition) is 2. The average Bonchev–Trinajstić information content (AvgIpc) is 3.43. The quantitative estimate of drug-likeness (QED) is 0.396. The number of aliphatic hydroxyl groups excluding tert-OH is 1. The summed E-state index contributed by atoms with van der Waals surface area (Å²) in [6, 6.07) is 7.04. The predicted molar refractivity (Wildman–Crippen MR) is 145 cm³/mol.